The number of methoxy groups -OCH3 is 1. The number of ether oxygens (including phenoxy) is 1. The molecule has 17 heavy (non-hydrogen) atoms. The molecule has 1 fully saturated rings. The molecule has 4 nitrogen and oxygen atoms in total. The van der Waals surface area contributed by atoms with Crippen molar-refractivity contribution in [3.63, 3.8) is 0 Å². The van der Waals surface area contributed by atoms with E-state index in [-0.39, 0.29) is 11.4 Å². The molecule has 0 aromatic rings. The monoisotopic (exact) mass is 242 g/mol. The average molecular weight is 242 g/mol. The molecule has 0 spiro atoms. The lowest BCUT2D eigenvalue weighted by molar-refractivity contribution is -0.151. The highest BCUT2D eigenvalue weighted by Crippen LogP contribution is 2.22. The Balaban J connectivity index is 2.42. The van der Waals surface area contributed by atoms with Crippen LogP contribution in [0.3, 0.4) is 0 Å². The number of nitrogens with zero attached hydrogens (tertiary/aromatic N) is 1. The second-order valence-electron chi connectivity index (χ2n) is 5.85. The molecule has 1 heterocycles. The molecule has 0 aliphatic carbocycles. The molecule has 4 heteroatoms. The fourth-order valence-corrected chi connectivity index (χ4v) is 2.44. The summed E-state index contributed by atoms with van der Waals surface area (Å²) in [7, 11) is 1.46. The lowest BCUT2D eigenvalue weighted by Crippen LogP contribution is -2.54. The normalized spacial score (nSPS) is 26.9. The van der Waals surface area contributed by atoms with Crippen LogP contribution in [-0.2, 0) is 9.53 Å². The number of carbonyl (C=O) groups excluding carboxylic acids is 1. The first-order chi connectivity index (χ1) is 7.85. The maximum absolute atomic E-state index is 11.6. The van der Waals surface area contributed by atoms with Gasteiger partial charge in [-0.05, 0) is 40.7 Å². The first-order valence-electron chi connectivity index (χ1n) is 6.42. The van der Waals surface area contributed by atoms with Gasteiger partial charge in [-0.1, -0.05) is 0 Å². The van der Waals surface area contributed by atoms with Crippen LogP contribution in [0.25, 0.3) is 0 Å². The Bertz CT molecular complexity index is 256. The molecular weight excluding hydrogens is 216 g/mol. The van der Waals surface area contributed by atoms with E-state index < -0.39 is 0 Å². The Morgan fingerprint density at radius 1 is 1.35 bits per heavy atom. The van der Waals surface area contributed by atoms with Crippen LogP contribution in [0.1, 0.15) is 34.1 Å². The molecule has 2 unspecified atom stereocenters. The lowest BCUT2D eigenvalue weighted by Gasteiger charge is -2.37. The fraction of sp³-hybridized carbons (Fsp3) is 0.923. The zero-order valence-electron chi connectivity index (χ0n) is 11.7. The van der Waals surface area contributed by atoms with Gasteiger partial charge in [0, 0.05) is 25.2 Å². The zero-order chi connectivity index (χ0) is 13.1. The van der Waals surface area contributed by atoms with Crippen LogP contribution >= 0.6 is 0 Å². The van der Waals surface area contributed by atoms with E-state index >= 15 is 0 Å². The maximum atomic E-state index is 11.6. The summed E-state index contributed by atoms with van der Waals surface area (Å²) in [6, 6.07) is 1.06. The summed E-state index contributed by atoms with van der Waals surface area (Å²) in [6.45, 7) is 11.4. The van der Waals surface area contributed by atoms with Crippen molar-refractivity contribution in [1.82, 2.24) is 10.2 Å². The van der Waals surface area contributed by atoms with Crippen molar-refractivity contribution in [2.45, 2.75) is 46.2 Å². The predicted octanol–water partition coefficient (Wildman–Crippen LogP) is 1.26. The highest BCUT2D eigenvalue weighted by atomic mass is 16.5. The van der Waals surface area contributed by atoms with Crippen LogP contribution in [0.15, 0.2) is 0 Å². The smallest absolute Gasteiger partial charge is 0.311 e. The highest BCUT2D eigenvalue weighted by molar-refractivity contribution is 5.75. The third-order valence-corrected chi connectivity index (χ3v) is 3.42. The first kappa shape index (κ1) is 14.5. The summed E-state index contributed by atoms with van der Waals surface area (Å²) in [5.41, 5.74) is -0.383. The third kappa shape index (κ3) is 4.28. The number of carbonyl (C=O) groups is 1. The summed E-state index contributed by atoms with van der Waals surface area (Å²) < 4.78 is 4.83. The number of rotatable bonds is 4. The van der Waals surface area contributed by atoms with Gasteiger partial charge in [-0.2, -0.15) is 0 Å². The highest BCUT2D eigenvalue weighted by Gasteiger charge is 2.30. The molecule has 1 rings (SSSR count). The van der Waals surface area contributed by atoms with Gasteiger partial charge < -0.3 is 15.0 Å². The molecule has 1 N–H and O–H groups in total. The van der Waals surface area contributed by atoms with E-state index in [0.717, 1.165) is 26.1 Å². The standard InChI is InChI=1S/C13H26N2O2/c1-10-8-15(9-11(2)14-10)7-6-13(3,4)12(16)17-5/h10-11,14H,6-9H2,1-5H3. The Morgan fingerprint density at radius 3 is 2.35 bits per heavy atom. The molecule has 1 aliphatic rings. The summed E-state index contributed by atoms with van der Waals surface area (Å²) in [5, 5.41) is 3.51. The van der Waals surface area contributed by atoms with Crippen molar-refractivity contribution < 1.29 is 9.53 Å². The molecule has 0 aromatic carbocycles. The minimum Gasteiger partial charge on any atom is -0.469 e. The van der Waals surface area contributed by atoms with E-state index in [0.29, 0.717) is 12.1 Å². The van der Waals surface area contributed by atoms with E-state index in [2.05, 4.69) is 24.1 Å². The van der Waals surface area contributed by atoms with Crippen LogP contribution in [0.4, 0.5) is 0 Å². The summed E-state index contributed by atoms with van der Waals surface area (Å²) in [5.74, 6) is -0.117. The number of hydrogen-bond donors (Lipinski definition) is 1. The molecular formula is C13H26N2O2. The topological polar surface area (TPSA) is 41.6 Å². The Morgan fingerprint density at radius 2 is 1.88 bits per heavy atom. The van der Waals surface area contributed by atoms with E-state index in [1.807, 2.05) is 13.8 Å². The molecule has 2 atom stereocenters. The minimum atomic E-state index is -0.383. The maximum Gasteiger partial charge on any atom is 0.311 e. The Kier molecular flexibility index (Phi) is 4.95. The minimum absolute atomic E-state index is 0.117. The molecule has 0 saturated carbocycles. The summed E-state index contributed by atoms with van der Waals surface area (Å²) >= 11 is 0. The molecule has 0 bridgehead atoms. The molecule has 1 aliphatic heterocycles. The van der Waals surface area contributed by atoms with Crippen molar-refractivity contribution >= 4 is 5.97 Å². The van der Waals surface area contributed by atoms with Gasteiger partial charge in [0.25, 0.3) is 0 Å². The van der Waals surface area contributed by atoms with E-state index in [4.69, 9.17) is 4.74 Å². The Hall–Kier alpha value is -0.610. The van der Waals surface area contributed by atoms with Crippen molar-refractivity contribution in [3.8, 4) is 0 Å². The number of esters is 1. The second kappa shape index (κ2) is 5.83. The van der Waals surface area contributed by atoms with Crippen molar-refractivity contribution in [3.05, 3.63) is 0 Å². The van der Waals surface area contributed by atoms with E-state index in [1.165, 1.54) is 7.11 Å². The molecule has 0 aromatic heterocycles. The lowest BCUT2D eigenvalue weighted by atomic mass is 9.89. The average Bonchev–Trinajstić information content (AvgIpc) is 2.24. The van der Waals surface area contributed by atoms with E-state index in [9.17, 15) is 4.79 Å². The van der Waals surface area contributed by atoms with Gasteiger partial charge in [0.2, 0.25) is 0 Å². The van der Waals surface area contributed by atoms with Crippen molar-refractivity contribution in [2.75, 3.05) is 26.7 Å². The van der Waals surface area contributed by atoms with Crippen molar-refractivity contribution in [2.24, 2.45) is 5.41 Å². The van der Waals surface area contributed by atoms with Gasteiger partial charge in [0.15, 0.2) is 0 Å². The Labute approximate surface area is 105 Å². The molecule has 100 valence electrons. The van der Waals surface area contributed by atoms with Gasteiger partial charge in [0.1, 0.15) is 0 Å². The van der Waals surface area contributed by atoms with Gasteiger partial charge in [-0.3, -0.25) is 4.79 Å². The largest absolute Gasteiger partial charge is 0.469 e. The fourth-order valence-electron chi connectivity index (χ4n) is 2.44. The van der Waals surface area contributed by atoms with Gasteiger partial charge in [0.05, 0.1) is 12.5 Å². The number of piperazine rings is 1. The van der Waals surface area contributed by atoms with Crippen LogP contribution < -0.4 is 5.32 Å². The predicted molar refractivity (Wildman–Crippen MR) is 68.9 cm³/mol. The molecule has 1 saturated heterocycles. The quantitative estimate of drug-likeness (QED) is 0.754. The first-order valence-corrected chi connectivity index (χ1v) is 6.42. The van der Waals surface area contributed by atoms with E-state index in [1.54, 1.807) is 0 Å². The zero-order valence-corrected chi connectivity index (χ0v) is 11.7. The van der Waals surface area contributed by atoms with Gasteiger partial charge >= 0.3 is 5.97 Å². The van der Waals surface area contributed by atoms with Crippen LogP contribution in [-0.4, -0.2) is 49.7 Å². The summed E-state index contributed by atoms with van der Waals surface area (Å²) in [4.78, 5) is 14.0. The number of hydrogen-bond acceptors (Lipinski definition) is 4. The molecule has 0 amide bonds. The molecule has 0 radical (unpaired) electrons. The number of nitrogens with one attached hydrogen (secondary N) is 1. The second-order valence-corrected chi connectivity index (χ2v) is 5.85. The van der Waals surface area contributed by atoms with Crippen molar-refractivity contribution in [1.29, 1.82) is 0 Å². The van der Waals surface area contributed by atoms with Gasteiger partial charge in [-0.25, -0.2) is 0 Å². The van der Waals surface area contributed by atoms with Crippen LogP contribution in [0.2, 0.25) is 0 Å². The van der Waals surface area contributed by atoms with Crippen LogP contribution in [0.5, 0.6) is 0 Å². The summed E-state index contributed by atoms with van der Waals surface area (Å²) in [6.07, 6.45) is 0.846. The third-order valence-electron chi connectivity index (χ3n) is 3.42. The van der Waals surface area contributed by atoms with Gasteiger partial charge in [-0.15, -0.1) is 0 Å². The van der Waals surface area contributed by atoms with Crippen LogP contribution in [0, 0.1) is 5.41 Å². The SMILES string of the molecule is COC(=O)C(C)(C)CCN1CC(C)NC(C)C1.